The average molecular weight is 189 g/mol. The fraction of sp³-hybridized carbons (Fsp3) is 0. The highest BCUT2D eigenvalue weighted by atomic mass is 32.1. The molecule has 0 fully saturated rings. The van der Waals surface area contributed by atoms with Gasteiger partial charge in [0.1, 0.15) is 0 Å². The van der Waals surface area contributed by atoms with Crippen molar-refractivity contribution in [1.29, 1.82) is 0 Å². The normalized spacial score (nSPS) is 9.85. The lowest BCUT2D eigenvalue weighted by Gasteiger charge is -1.96. The maximum Gasteiger partial charge on any atom is 0.160 e. The minimum Gasteiger partial charge on any atom is -0.297 e. The number of aromatic nitrogens is 1. The number of hydrogen-bond donors (Lipinski definition) is 0. The Morgan fingerprint density at radius 1 is 1.23 bits per heavy atom. The van der Waals surface area contributed by atoms with Crippen molar-refractivity contribution in [1.82, 2.24) is 4.98 Å². The van der Waals surface area contributed by atoms with E-state index < -0.39 is 0 Å². The molecule has 0 radical (unpaired) electrons. The number of rotatable bonds is 2. The van der Waals surface area contributed by atoms with Crippen molar-refractivity contribution in [2.75, 3.05) is 0 Å². The van der Waals surface area contributed by atoms with E-state index in [0.717, 1.165) is 22.3 Å². The number of carbonyl (C=O) groups excluding carboxylic acids is 1. The Morgan fingerprint density at radius 2 is 2.00 bits per heavy atom. The minimum atomic E-state index is 0.770. The monoisotopic (exact) mass is 189 g/mol. The molecule has 0 spiro atoms. The van der Waals surface area contributed by atoms with Crippen LogP contribution in [0.5, 0.6) is 0 Å². The third-order valence-corrected chi connectivity index (χ3v) is 2.64. The third kappa shape index (κ3) is 1.51. The zero-order chi connectivity index (χ0) is 9.10. The average Bonchev–Trinajstić information content (AvgIpc) is 2.67. The summed E-state index contributed by atoms with van der Waals surface area (Å²) in [5, 5.41) is 1.92. The number of aldehydes is 1. The summed E-state index contributed by atoms with van der Waals surface area (Å²) >= 11 is 1.46. The largest absolute Gasteiger partial charge is 0.297 e. The van der Waals surface area contributed by atoms with Gasteiger partial charge in [0.2, 0.25) is 0 Å². The molecule has 3 heteroatoms. The van der Waals surface area contributed by atoms with Gasteiger partial charge in [0.25, 0.3) is 0 Å². The minimum absolute atomic E-state index is 0.770. The summed E-state index contributed by atoms with van der Waals surface area (Å²) in [6, 6.07) is 5.74. The third-order valence-electron chi connectivity index (χ3n) is 1.79. The van der Waals surface area contributed by atoms with Crippen LogP contribution in [-0.4, -0.2) is 11.3 Å². The first-order valence-corrected chi connectivity index (χ1v) is 4.73. The van der Waals surface area contributed by atoms with Crippen molar-refractivity contribution in [3.05, 3.63) is 40.8 Å². The second-order valence-corrected chi connectivity index (χ2v) is 3.50. The van der Waals surface area contributed by atoms with Crippen LogP contribution in [-0.2, 0) is 0 Å². The number of thiophene rings is 1. The fourth-order valence-electron chi connectivity index (χ4n) is 1.18. The molecule has 0 saturated heterocycles. The Labute approximate surface area is 79.9 Å². The van der Waals surface area contributed by atoms with Crippen LogP contribution in [0.15, 0.2) is 36.0 Å². The van der Waals surface area contributed by atoms with Crippen LogP contribution >= 0.6 is 11.3 Å². The van der Waals surface area contributed by atoms with Gasteiger partial charge in [0, 0.05) is 18.0 Å². The molecule has 2 nitrogen and oxygen atoms in total. The summed E-state index contributed by atoms with van der Waals surface area (Å²) in [5.74, 6) is 0. The van der Waals surface area contributed by atoms with Gasteiger partial charge in [-0.05, 0) is 29.1 Å². The first-order chi connectivity index (χ1) is 6.42. The molecule has 0 amide bonds. The van der Waals surface area contributed by atoms with Crippen LogP contribution < -0.4 is 0 Å². The van der Waals surface area contributed by atoms with Crippen molar-refractivity contribution >= 4 is 17.6 Å². The molecule has 64 valence electrons. The second-order valence-electron chi connectivity index (χ2n) is 2.55. The molecule has 13 heavy (non-hydrogen) atoms. The number of nitrogens with zero attached hydrogens (tertiary/aromatic N) is 1. The smallest absolute Gasteiger partial charge is 0.160 e. The maximum absolute atomic E-state index is 10.7. The standard InChI is InChI=1S/C10H7NOS/c12-7-10-9(3-6-13-10)8-1-4-11-5-2-8/h1-7H. The number of carbonyl (C=O) groups is 1. The molecule has 0 aliphatic carbocycles. The van der Waals surface area contributed by atoms with Gasteiger partial charge in [-0.3, -0.25) is 9.78 Å². The molecule has 0 aliphatic rings. The van der Waals surface area contributed by atoms with Gasteiger partial charge in [0.15, 0.2) is 6.29 Å². The van der Waals surface area contributed by atoms with E-state index in [2.05, 4.69) is 4.98 Å². The summed E-state index contributed by atoms with van der Waals surface area (Å²) in [5.41, 5.74) is 2.03. The van der Waals surface area contributed by atoms with E-state index >= 15 is 0 Å². The van der Waals surface area contributed by atoms with Gasteiger partial charge in [-0.2, -0.15) is 0 Å². The van der Waals surface area contributed by atoms with Crippen molar-refractivity contribution in [2.24, 2.45) is 0 Å². The molecular weight excluding hydrogens is 182 g/mol. The lowest BCUT2D eigenvalue weighted by Crippen LogP contribution is -1.79. The van der Waals surface area contributed by atoms with Gasteiger partial charge in [-0.25, -0.2) is 0 Å². The Balaban J connectivity index is 2.52. The molecule has 2 aromatic heterocycles. The molecule has 2 aromatic rings. The first-order valence-electron chi connectivity index (χ1n) is 3.85. The molecule has 0 aromatic carbocycles. The van der Waals surface area contributed by atoms with Crippen LogP contribution in [0.2, 0.25) is 0 Å². The summed E-state index contributed by atoms with van der Waals surface area (Å²) in [6.07, 6.45) is 4.34. The van der Waals surface area contributed by atoms with Crippen LogP contribution in [0, 0.1) is 0 Å². The van der Waals surface area contributed by atoms with Gasteiger partial charge in [0.05, 0.1) is 4.88 Å². The quantitative estimate of drug-likeness (QED) is 0.680. The summed E-state index contributed by atoms with van der Waals surface area (Å²) < 4.78 is 0. The van der Waals surface area contributed by atoms with Crippen LogP contribution in [0.25, 0.3) is 11.1 Å². The fourth-order valence-corrected chi connectivity index (χ4v) is 1.90. The molecule has 2 rings (SSSR count). The zero-order valence-corrected chi connectivity index (χ0v) is 7.62. The molecule has 0 atom stereocenters. The van der Waals surface area contributed by atoms with Crippen LogP contribution in [0.3, 0.4) is 0 Å². The first kappa shape index (κ1) is 8.13. The predicted molar refractivity (Wildman–Crippen MR) is 52.9 cm³/mol. The van der Waals surface area contributed by atoms with Crippen molar-refractivity contribution in [3.63, 3.8) is 0 Å². The van der Waals surface area contributed by atoms with E-state index in [9.17, 15) is 4.79 Å². The Bertz CT molecular complexity index is 408. The Kier molecular flexibility index (Phi) is 2.19. The number of hydrogen-bond acceptors (Lipinski definition) is 3. The molecular formula is C10H7NOS. The predicted octanol–water partition coefficient (Wildman–Crippen LogP) is 2.62. The van der Waals surface area contributed by atoms with E-state index in [0.29, 0.717) is 0 Å². The molecule has 2 heterocycles. The van der Waals surface area contributed by atoms with Crippen molar-refractivity contribution in [2.45, 2.75) is 0 Å². The second kappa shape index (κ2) is 3.49. The zero-order valence-electron chi connectivity index (χ0n) is 6.81. The van der Waals surface area contributed by atoms with Crippen LogP contribution in [0.1, 0.15) is 9.67 Å². The van der Waals surface area contributed by atoms with Crippen molar-refractivity contribution in [3.8, 4) is 11.1 Å². The van der Waals surface area contributed by atoms with Crippen molar-refractivity contribution < 1.29 is 4.79 Å². The van der Waals surface area contributed by atoms with E-state index in [1.54, 1.807) is 12.4 Å². The van der Waals surface area contributed by atoms with Gasteiger partial charge < -0.3 is 0 Å². The lowest BCUT2D eigenvalue weighted by atomic mass is 10.1. The molecule has 0 unspecified atom stereocenters. The Hall–Kier alpha value is -1.48. The van der Waals surface area contributed by atoms with E-state index in [4.69, 9.17) is 0 Å². The summed E-state index contributed by atoms with van der Waals surface area (Å²) in [4.78, 5) is 15.4. The molecule has 0 aliphatic heterocycles. The lowest BCUT2D eigenvalue weighted by molar-refractivity contribution is 0.112. The molecule has 0 saturated carbocycles. The van der Waals surface area contributed by atoms with E-state index in [-0.39, 0.29) is 0 Å². The highest BCUT2D eigenvalue weighted by Gasteiger charge is 2.04. The van der Waals surface area contributed by atoms with Gasteiger partial charge >= 0.3 is 0 Å². The maximum atomic E-state index is 10.7. The summed E-state index contributed by atoms with van der Waals surface area (Å²) in [7, 11) is 0. The topological polar surface area (TPSA) is 30.0 Å². The molecule has 0 bridgehead atoms. The highest BCUT2D eigenvalue weighted by Crippen LogP contribution is 2.25. The van der Waals surface area contributed by atoms with Gasteiger partial charge in [-0.1, -0.05) is 0 Å². The van der Waals surface area contributed by atoms with Crippen LogP contribution in [0.4, 0.5) is 0 Å². The van der Waals surface area contributed by atoms with Gasteiger partial charge in [-0.15, -0.1) is 11.3 Å². The Morgan fingerprint density at radius 3 is 2.69 bits per heavy atom. The number of pyridine rings is 1. The summed E-state index contributed by atoms with van der Waals surface area (Å²) in [6.45, 7) is 0. The highest BCUT2D eigenvalue weighted by molar-refractivity contribution is 7.12. The van der Waals surface area contributed by atoms with E-state index in [1.807, 2.05) is 23.6 Å². The van der Waals surface area contributed by atoms with E-state index in [1.165, 1.54) is 11.3 Å². The molecule has 0 N–H and O–H groups in total. The SMILES string of the molecule is O=Cc1sccc1-c1ccncc1.